The van der Waals surface area contributed by atoms with Gasteiger partial charge in [0.1, 0.15) is 12.3 Å². The van der Waals surface area contributed by atoms with E-state index in [4.69, 9.17) is 23.2 Å². The van der Waals surface area contributed by atoms with Crippen LogP contribution in [0.25, 0.3) is 0 Å². The third-order valence-electron chi connectivity index (χ3n) is 4.38. The standard InChI is InChI=1S/C17H21Cl2N3O5S/c1-28(26,27)22-8-6-21(7-9-22)17(25)15(3-2-10-23)20-16(24)12-4-5-13(18)14(19)11-12/h4-5,10-11,15H,2-3,6-9H2,1H3,(H,20,24)/t15-/m0/s1. The maximum absolute atomic E-state index is 12.8. The molecule has 8 nitrogen and oxygen atoms in total. The van der Waals surface area contributed by atoms with Crippen molar-refractivity contribution >= 4 is 51.3 Å². The summed E-state index contributed by atoms with van der Waals surface area (Å²) in [5, 5.41) is 3.14. The Hall–Kier alpha value is -1.68. The Kier molecular flexibility index (Phi) is 7.82. The van der Waals surface area contributed by atoms with E-state index < -0.39 is 22.0 Å². The number of carbonyl (C=O) groups is 3. The van der Waals surface area contributed by atoms with E-state index >= 15 is 0 Å². The molecular weight excluding hydrogens is 429 g/mol. The quantitative estimate of drug-likeness (QED) is 0.629. The normalized spacial score (nSPS) is 16.5. The van der Waals surface area contributed by atoms with Gasteiger partial charge in [-0.05, 0) is 24.6 Å². The van der Waals surface area contributed by atoms with Gasteiger partial charge in [0.2, 0.25) is 15.9 Å². The number of aldehydes is 1. The molecule has 11 heteroatoms. The van der Waals surface area contributed by atoms with E-state index in [1.54, 1.807) is 0 Å². The third kappa shape index (κ3) is 5.91. The van der Waals surface area contributed by atoms with E-state index in [-0.39, 0.29) is 55.5 Å². The highest BCUT2D eigenvalue weighted by Gasteiger charge is 2.31. The van der Waals surface area contributed by atoms with Crippen LogP contribution in [0.1, 0.15) is 23.2 Å². The Labute approximate surface area is 173 Å². The summed E-state index contributed by atoms with van der Waals surface area (Å²) < 4.78 is 24.5. The molecule has 154 valence electrons. The van der Waals surface area contributed by atoms with Gasteiger partial charge >= 0.3 is 0 Å². The first-order valence-electron chi connectivity index (χ1n) is 8.57. The van der Waals surface area contributed by atoms with Crippen molar-refractivity contribution in [3.8, 4) is 0 Å². The van der Waals surface area contributed by atoms with E-state index in [2.05, 4.69) is 5.32 Å². The van der Waals surface area contributed by atoms with Gasteiger partial charge in [0.25, 0.3) is 5.91 Å². The number of piperazine rings is 1. The number of halogens is 2. The lowest BCUT2D eigenvalue weighted by atomic mass is 10.1. The lowest BCUT2D eigenvalue weighted by Gasteiger charge is -2.35. The summed E-state index contributed by atoms with van der Waals surface area (Å²) in [6.45, 7) is 0.801. The molecule has 0 aliphatic carbocycles. The van der Waals surface area contributed by atoms with Crippen LogP contribution in [0, 0.1) is 0 Å². The van der Waals surface area contributed by atoms with Crippen LogP contribution in [-0.4, -0.2) is 74.2 Å². The summed E-state index contributed by atoms with van der Waals surface area (Å²) >= 11 is 11.8. The average molecular weight is 450 g/mol. The van der Waals surface area contributed by atoms with Crippen LogP contribution >= 0.6 is 23.2 Å². The second kappa shape index (κ2) is 9.69. The summed E-state index contributed by atoms with van der Waals surface area (Å²) in [6, 6.07) is 3.45. The smallest absolute Gasteiger partial charge is 0.251 e. The molecule has 1 N–H and O–H groups in total. The van der Waals surface area contributed by atoms with Crippen molar-refractivity contribution < 1.29 is 22.8 Å². The summed E-state index contributed by atoms with van der Waals surface area (Å²) in [4.78, 5) is 37.6. The van der Waals surface area contributed by atoms with Crippen LogP contribution < -0.4 is 5.32 Å². The van der Waals surface area contributed by atoms with Crippen molar-refractivity contribution in [2.24, 2.45) is 0 Å². The maximum Gasteiger partial charge on any atom is 0.251 e. The summed E-state index contributed by atoms with van der Waals surface area (Å²) in [5.41, 5.74) is 0.236. The van der Waals surface area contributed by atoms with Crippen LogP contribution in [0.4, 0.5) is 0 Å². The summed E-state index contributed by atoms with van der Waals surface area (Å²) in [7, 11) is -3.32. The fraction of sp³-hybridized carbons (Fsp3) is 0.471. The number of nitrogens with one attached hydrogen (secondary N) is 1. The first kappa shape index (κ1) is 22.6. The molecule has 1 aliphatic heterocycles. The first-order valence-corrected chi connectivity index (χ1v) is 11.2. The van der Waals surface area contributed by atoms with Crippen molar-refractivity contribution in [3.05, 3.63) is 33.8 Å². The van der Waals surface area contributed by atoms with Crippen molar-refractivity contribution in [2.75, 3.05) is 32.4 Å². The molecule has 28 heavy (non-hydrogen) atoms. The lowest BCUT2D eigenvalue weighted by Crippen LogP contribution is -2.55. The number of carbonyl (C=O) groups excluding carboxylic acids is 3. The van der Waals surface area contributed by atoms with Gasteiger partial charge in [0.05, 0.1) is 16.3 Å². The van der Waals surface area contributed by atoms with E-state index in [1.807, 2.05) is 0 Å². The number of nitrogens with zero attached hydrogens (tertiary/aromatic N) is 2. The number of hydrogen-bond acceptors (Lipinski definition) is 5. The highest BCUT2D eigenvalue weighted by Crippen LogP contribution is 2.22. The van der Waals surface area contributed by atoms with Gasteiger partial charge < -0.3 is 15.0 Å². The molecule has 1 saturated heterocycles. The summed E-state index contributed by atoms with van der Waals surface area (Å²) in [5.74, 6) is -0.874. The van der Waals surface area contributed by atoms with Crippen LogP contribution in [0.3, 0.4) is 0 Å². The number of benzene rings is 1. The topological polar surface area (TPSA) is 104 Å². The predicted molar refractivity (Wildman–Crippen MR) is 106 cm³/mol. The van der Waals surface area contributed by atoms with Crippen LogP contribution in [0.5, 0.6) is 0 Å². The van der Waals surface area contributed by atoms with E-state index in [9.17, 15) is 22.8 Å². The van der Waals surface area contributed by atoms with Gasteiger partial charge in [0, 0.05) is 38.2 Å². The minimum atomic E-state index is -3.32. The third-order valence-corrected chi connectivity index (χ3v) is 6.42. The van der Waals surface area contributed by atoms with Crippen LogP contribution in [-0.2, 0) is 19.6 Å². The Morgan fingerprint density at radius 2 is 1.82 bits per heavy atom. The lowest BCUT2D eigenvalue weighted by molar-refractivity contribution is -0.134. The largest absolute Gasteiger partial charge is 0.340 e. The Morgan fingerprint density at radius 3 is 2.36 bits per heavy atom. The molecule has 0 unspecified atom stereocenters. The van der Waals surface area contributed by atoms with Crippen molar-refractivity contribution in [1.82, 2.24) is 14.5 Å². The average Bonchev–Trinajstić information content (AvgIpc) is 2.66. The highest BCUT2D eigenvalue weighted by molar-refractivity contribution is 7.88. The predicted octanol–water partition coefficient (Wildman–Crippen LogP) is 1.17. The number of amides is 2. The maximum atomic E-state index is 12.8. The second-order valence-electron chi connectivity index (χ2n) is 6.39. The Balaban J connectivity index is 2.07. The van der Waals surface area contributed by atoms with Gasteiger partial charge in [-0.25, -0.2) is 8.42 Å². The molecule has 1 aromatic carbocycles. The molecule has 0 radical (unpaired) electrons. The van der Waals surface area contributed by atoms with E-state index in [0.717, 1.165) is 6.26 Å². The zero-order valence-corrected chi connectivity index (χ0v) is 17.6. The van der Waals surface area contributed by atoms with E-state index in [1.165, 1.54) is 27.4 Å². The molecule has 0 aromatic heterocycles. The van der Waals surface area contributed by atoms with Crippen LogP contribution in [0.2, 0.25) is 10.0 Å². The van der Waals surface area contributed by atoms with Gasteiger partial charge in [-0.3, -0.25) is 9.59 Å². The second-order valence-corrected chi connectivity index (χ2v) is 9.18. The van der Waals surface area contributed by atoms with Crippen LogP contribution in [0.15, 0.2) is 18.2 Å². The molecule has 1 aromatic rings. The number of sulfonamides is 1. The van der Waals surface area contributed by atoms with Crippen molar-refractivity contribution in [1.29, 1.82) is 0 Å². The van der Waals surface area contributed by atoms with Gasteiger partial charge in [-0.15, -0.1) is 0 Å². The molecule has 1 atom stereocenters. The summed E-state index contributed by atoms with van der Waals surface area (Å²) in [6.07, 6.45) is 2.03. The fourth-order valence-electron chi connectivity index (χ4n) is 2.83. The van der Waals surface area contributed by atoms with E-state index in [0.29, 0.717) is 11.3 Å². The SMILES string of the molecule is CS(=O)(=O)N1CCN(C(=O)[C@H](CCC=O)NC(=O)c2ccc(Cl)c(Cl)c2)CC1. The molecule has 0 spiro atoms. The molecule has 0 bridgehead atoms. The highest BCUT2D eigenvalue weighted by atomic mass is 35.5. The monoisotopic (exact) mass is 449 g/mol. The molecule has 1 fully saturated rings. The molecule has 1 heterocycles. The fourth-order valence-corrected chi connectivity index (χ4v) is 3.96. The van der Waals surface area contributed by atoms with Gasteiger partial charge in [-0.1, -0.05) is 23.2 Å². The minimum Gasteiger partial charge on any atom is -0.340 e. The zero-order chi connectivity index (χ0) is 20.9. The zero-order valence-electron chi connectivity index (χ0n) is 15.2. The molecular formula is C17H21Cl2N3O5S. The number of rotatable bonds is 7. The molecule has 1 aliphatic rings. The Morgan fingerprint density at radius 1 is 1.18 bits per heavy atom. The number of hydrogen-bond donors (Lipinski definition) is 1. The Bertz CT molecular complexity index is 854. The minimum absolute atomic E-state index is 0.0986. The van der Waals surface area contributed by atoms with Gasteiger partial charge in [-0.2, -0.15) is 4.31 Å². The van der Waals surface area contributed by atoms with Gasteiger partial charge in [0.15, 0.2) is 0 Å². The first-order chi connectivity index (χ1) is 13.1. The molecule has 2 rings (SSSR count). The molecule has 2 amide bonds. The molecule has 0 saturated carbocycles. The van der Waals surface area contributed by atoms with Crippen molar-refractivity contribution in [2.45, 2.75) is 18.9 Å². The van der Waals surface area contributed by atoms with Crippen molar-refractivity contribution in [3.63, 3.8) is 0 Å².